The third-order valence-electron chi connectivity index (χ3n) is 5.99. The van der Waals surface area contributed by atoms with Crippen molar-refractivity contribution >= 4 is 28.8 Å². The lowest BCUT2D eigenvalue weighted by atomic mass is 9.98. The van der Waals surface area contributed by atoms with E-state index in [0.717, 1.165) is 30.6 Å². The Morgan fingerprint density at radius 1 is 1.00 bits per heavy atom. The maximum Gasteiger partial charge on any atom is 0.313 e. The van der Waals surface area contributed by atoms with E-state index in [1.807, 2.05) is 38.1 Å². The lowest BCUT2D eigenvalue weighted by Gasteiger charge is -2.35. The number of hydrogen-bond donors (Lipinski definition) is 2. The standard InChI is InChI=1S/C25H27N3O2S/c1-17-7-5-10-21(18(17)2)27-25(30)24(29)26-15-22(23-11-6-14-31-23)28-13-12-19-8-3-4-9-20(19)16-28/h3-11,14,22H,12-13,15-16H2,1-2H3,(H,26,29)(H,27,30). The molecule has 1 atom stereocenters. The number of carbonyl (C=O) groups is 2. The first kappa shape index (κ1) is 21.3. The Balaban J connectivity index is 1.43. The van der Waals surface area contributed by atoms with Gasteiger partial charge in [-0.25, -0.2) is 0 Å². The highest BCUT2D eigenvalue weighted by atomic mass is 32.1. The summed E-state index contributed by atoms with van der Waals surface area (Å²) in [6.45, 7) is 6.06. The van der Waals surface area contributed by atoms with Gasteiger partial charge in [-0.05, 0) is 60.0 Å². The largest absolute Gasteiger partial charge is 0.346 e. The Hall–Kier alpha value is -2.96. The van der Waals surface area contributed by atoms with E-state index in [0.29, 0.717) is 12.2 Å². The molecule has 2 heterocycles. The first-order valence-electron chi connectivity index (χ1n) is 10.5. The van der Waals surface area contributed by atoms with Crippen molar-refractivity contribution in [3.63, 3.8) is 0 Å². The summed E-state index contributed by atoms with van der Waals surface area (Å²) in [5.41, 5.74) is 5.42. The van der Waals surface area contributed by atoms with E-state index in [1.165, 1.54) is 16.0 Å². The average molecular weight is 434 g/mol. The number of thiophene rings is 1. The number of nitrogens with zero attached hydrogens (tertiary/aromatic N) is 1. The Labute approximate surface area is 187 Å². The molecule has 0 fully saturated rings. The van der Waals surface area contributed by atoms with E-state index < -0.39 is 11.8 Å². The Morgan fingerprint density at radius 3 is 2.58 bits per heavy atom. The van der Waals surface area contributed by atoms with Crippen molar-refractivity contribution in [1.29, 1.82) is 0 Å². The first-order valence-corrected chi connectivity index (χ1v) is 11.4. The zero-order valence-electron chi connectivity index (χ0n) is 17.9. The number of fused-ring (bicyclic) bond motifs is 1. The maximum atomic E-state index is 12.6. The molecule has 0 saturated carbocycles. The number of amides is 2. The summed E-state index contributed by atoms with van der Waals surface area (Å²) >= 11 is 1.68. The molecule has 1 aliphatic heterocycles. The van der Waals surface area contributed by atoms with Crippen molar-refractivity contribution < 1.29 is 9.59 Å². The second-order valence-corrected chi connectivity index (χ2v) is 8.91. The minimum atomic E-state index is -0.636. The normalized spacial score (nSPS) is 14.5. The Morgan fingerprint density at radius 2 is 1.81 bits per heavy atom. The van der Waals surface area contributed by atoms with E-state index in [1.54, 1.807) is 11.3 Å². The van der Waals surface area contributed by atoms with Crippen LogP contribution in [-0.2, 0) is 22.6 Å². The van der Waals surface area contributed by atoms with Gasteiger partial charge in [-0.2, -0.15) is 0 Å². The fourth-order valence-corrected chi connectivity index (χ4v) is 4.87. The van der Waals surface area contributed by atoms with Crippen LogP contribution < -0.4 is 10.6 Å². The minimum absolute atomic E-state index is 0.0332. The van der Waals surface area contributed by atoms with Crippen molar-refractivity contribution in [3.05, 3.63) is 87.1 Å². The summed E-state index contributed by atoms with van der Waals surface area (Å²) in [5.74, 6) is -1.25. The summed E-state index contributed by atoms with van der Waals surface area (Å²) in [7, 11) is 0. The molecule has 1 aliphatic rings. The molecule has 3 aromatic rings. The lowest BCUT2D eigenvalue weighted by molar-refractivity contribution is -0.136. The van der Waals surface area contributed by atoms with Crippen LogP contribution in [0.5, 0.6) is 0 Å². The molecule has 2 aromatic carbocycles. The molecular weight excluding hydrogens is 406 g/mol. The lowest BCUT2D eigenvalue weighted by Crippen LogP contribution is -2.43. The molecule has 4 rings (SSSR count). The van der Waals surface area contributed by atoms with Crippen LogP contribution in [0.25, 0.3) is 0 Å². The number of benzene rings is 2. The number of rotatable bonds is 5. The Kier molecular flexibility index (Phi) is 6.49. The van der Waals surface area contributed by atoms with Crippen molar-refractivity contribution in [2.24, 2.45) is 0 Å². The van der Waals surface area contributed by atoms with Gasteiger partial charge in [-0.3, -0.25) is 14.5 Å². The maximum absolute atomic E-state index is 12.6. The van der Waals surface area contributed by atoms with Gasteiger partial charge >= 0.3 is 11.8 Å². The minimum Gasteiger partial charge on any atom is -0.346 e. The van der Waals surface area contributed by atoms with Crippen molar-refractivity contribution in [2.45, 2.75) is 32.9 Å². The summed E-state index contributed by atoms with van der Waals surface area (Å²) in [6, 6.07) is 18.3. The summed E-state index contributed by atoms with van der Waals surface area (Å²) in [4.78, 5) is 28.6. The molecule has 0 bridgehead atoms. The van der Waals surface area contributed by atoms with Gasteiger partial charge in [0.25, 0.3) is 0 Å². The molecule has 2 N–H and O–H groups in total. The number of carbonyl (C=O) groups excluding carboxylic acids is 2. The topological polar surface area (TPSA) is 61.4 Å². The van der Waals surface area contributed by atoms with E-state index in [-0.39, 0.29) is 6.04 Å². The fourth-order valence-electron chi connectivity index (χ4n) is 4.01. The molecule has 31 heavy (non-hydrogen) atoms. The monoisotopic (exact) mass is 433 g/mol. The van der Waals surface area contributed by atoms with Gasteiger partial charge in [0.05, 0.1) is 6.04 Å². The Bertz CT molecular complexity index is 1080. The highest BCUT2D eigenvalue weighted by Crippen LogP contribution is 2.30. The molecule has 2 amide bonds. The van der Waals surface area contributed by atoms with Crippen LogP contribution in [-0.4, -0.2) is 29.8 Å². The molecule has 0 saturated heterocycles. The van der Waals surface area contributed by atoms with Crippen molar-refractivity contribution in [1.82, 2.24) is 10.2 Å². The number of hydrogen-bond acceptors (Lipinski definition) is 4. The first-order chi connectivity index (χ1) is 15.0. The van der Waals surface area contributed by atoms with Crippen LogP contribution in [0.15, 0.2) is 60.0 Å². The second-order valence-electron chi connectivity index (χ2n) is 7.93. The number of anilines is 1. The molecule has 0 aliphatic carbocycles. The number of aryl methyl sites for hydroxylation is 1. The molecule has 0 radical (unpaired) electrons. The van der Waals surface area contributed by atoms with Crippen LogP contribution in [0, 0.1) is 13.8 Å². The molecule has 6 heteroatoms. The van der Waals surface area contributed by atoms with Crippen molar-refractivity contribution in [2.75, 3.05) is 18.4 Å². The van der Waals surface area contributed by atoms with E-state index >= 15 is 0 Å². The molecule has 160 valence electrons. The van der Waals surface area contributed by atoms with Crippen LogP contribution in [0.1, 0.15) is 33.2 Å². The smallest absolute Gasteiger partial charge is 0.313 e. The third kappa shape index (κ3) is 4.86. The summed E-state index contributed by atoms with van der Waals surface area (Å²) in [5, 5.41) is 7.65. The van der Waals surface area contributed by atoms with Gasteiger partial charge < -0.3 is 10.6 Å². The van der Waals surface area contributed by atoms with E-state index in [9.17, 15) is 9.59 Å². The van der Waals surface area contributed by atoms with Gasteiger partial charge in [0.1, 0.15) is 0 Å². The van der Waals surface area contributed by atoms with E-state index in [4.69, 9.17) is 0 Å². The zero-order valence-corrected chi connectivity index (χ0v) is 18.7. The highest BCUT2D eigenvalue weighted by molar-refractivity contribution is 7.10. The van der Waals surface area contributed by atoms with Gasteiger partial charge in [0.15, 0.2) is 0 Å². The molecule has 5 nitrogen and oxygen atoms in total. The second kappa shape index (κ2) is 9.45. The van der Waals surface area contributed by atoms with Gasteiger partial charge in [-0.15, -0.1) is 11.3 Å². The van der Waals surface area contributed by atoms with Crippen LogP contribution in [0.3, 0.4) is 0 Å². The van der Waals surface area contributed by atoms with Crippen LogP contribution >= 0.6 is 11.3 Å². The predicted molar refractivity (Wildman–Crippen MR) is 125 cm³/mol. The highest BCUT2D eigenvalue weighted by Gasteiger charge is 2.27. The average Bonchev–Trinajstić information content (AvgIpc) is 3.31. The van der Waals surface area contributed by atoms with Crippen LogP contribution in [0.2, 0.25) is 0 Å². The van der Waals surface area contributed by atoms with Crippen molar-refractivity contribution in [3.8, 4) is 0 Å². The quantitative estimate of drug-likeness (QED) is 0.593. The van der Waals surface area contributed by atoms with Crippen LogP contribution in [0.4, 0.5) is 5.69 Å². The summed E-state index contributed by atoms with van der Waals surface area (Å²) < 4.78 is 0. The third-order valence-corrected chi connectivity index (χ3v) is 6.96. The fraction of sp³-hybridized carbons (Fsp3) is 0.280. The van der Waals surface area contributed by atoms with Gasteiger partial charge in [0.2, 0.25) is 0 Å². The number of nitrogens with one attached hydrogen (secondary N) is 2. The zero-order chi connectivity index (χ0) is 21.8. The van der Waals surface area contributed by atoms with Gasteiger partial charge in [-0.1, -0.05) is 42.5 Å². The summed E-state index contributed by atoms with van der Waals surface area (Å²) in [6.07, 6.45) is 0.985. The molecule has 1 aromatic heterocycles. The van der Waals surface area contributed by atoms with E-state index in [2.05, 4.69) is 51.2 Å². The predicted octanol–water partition coefficient (Wildman–Crippen LogP) is 4.22. The van der Waals surface area contributed by atoms with Gasteiger partial charge in [0, 0.05) is 30.2 Å². The molecule has 1 unspecified atom stereocenters. The molecular formula is C25H27N3O2S. The SMILES string of the molecule is Cc1cccc(NC(=O)C(=O)NCC(c2cccs2)N2CCc3ccccc3C2)c1C. The molecule has 0 spiro atoms.